The molecule has 0 amide bonds. The summed E-state index contributed by atoms with van der Waals surface area (Å²) in [5.41, 5.74) is 2.72. The third kappa shape index (κ3) is 2.47. The summed E-state index contributed by atoms with van der Waals surface area (Å²) in [7, 11) is 0. The lowest BCUT2D eigenvalue weighted by Gasteiger charge is -2.57. The first-order valence-electron chi connectivity index (χ1n) is 8.58. The minimum atomic E-state index is -0.191. The fourth-order valence-electron chi connectivity index (χ4n) is 5.28. The van der Waals surface area contributed by atoms with Gasteiger partial charge in [-0.05, 0) is 48.5 Å². The van der Waals surface area contributed by atoms with Gasteiger partial charge in [-0.2, -0.15) is 0 Å². The van der Waals surface area contributed by atoms with E-state index in [4.69, 9.17) is 4.74 Å². The van der Waals surface area contributed by atoms with E-state index in [2.05, 4.69) is 33.4 Å². The van der Waals surface area contributed by atoms with Gasteiger partial charge < -0.3 is 4.74 Å². The van der Waals surface area contributed by atoms with E-state index in [-0.39, 0.29) is 11.4 Å². The molecule has 3 atom stereocenters. The predicted molar refractivity (Wildman–Crippen MR) is 89.3 cm³/mol. The zero-order valence-corrected chi connectivity index (χ0v) is 14.2. The van der Waals surface area contributed by atoms with Gasteiger partial charge in [-0.25, -0.2) is 4.79 Å². The normalized spacial score (nSPS) is 37.9. The molecular formula is C20H28O2. The zero-order valence-electron chi connectivity index (χ0n) is 14.2. The topological polar surface area (TPSA) is 26.3 Å². The van der Waals surface area contributed by atoms with Crippen molar-refractivity contribution in [2.24, 2.45) is 22.7 Å². The summed E-state index contributed by atoms with van der Waals surface area (Å²) in [5.74, 6) is 0.918. The monoisotopic (exact) mass is 300 g/mol. The van der Waals surface area contributed by atoms with Crippen molar-refractivity contribution in [3.63, 3.8) is 0 Å². The predicted octanol–water partition coefficient (Wildman–Crippen LogP) is 4.82. The van der Waals surface area contributed by atoms with Crippen LogP contribution in [0.15, 0.2) is 36.0 Å². The van der Waals surface area contributed by atoms with Gasteiger partial charge in [0.05, 0.1) is 5.57 Å². The Hall–Kier alpha value is -1.31. The fourth-order valence-corrected chi connectivity index (χ4v) is 5.28. The molecule has 1 aliphatic heterocycles. The summed E-state index contributed by atoms with van der Waals surface area (Å²) in [4.78, 5) is 11.6. The van der Waals surface area contributed by atoms with Gasteiger partial charge in [0.2, 0.25) is 0 Å². The van der Waals surface area contributed by atoms with Gasteiger partial charge in [0.25, 0.3) is 0 Å². The number of cyclic esters (lactones) is 1. The average molecular weight is 300 g/mol. The van der Waals surface area contributed by atoms with Crippen molar-refractivity contribution < 1.29 is 9.53 Å². The molecule has 3 aliphatic rings. The Kier molecular flexibility index (Phi) is 3.82. The van der Waals surface area contributed by atoms with Crippen molar-refractivity contribution in [3.8, 4) is 0 Å². The number of rotatable bonds is 2. The van der Waals surface area contributed by atoms with E-state index in [1.165, 1.54) is 31.3 Å². The van der Waals surface area contributed by atoms with Crippen LogP contribution in [-0.4, -0.2) is 12.6 Å². The molecule has 22 heavy (non-hydrogen) atoms. The summed E-state index contributed by atoms with van der Waals surface area (Å²) in [6.07, 6.45) is 12.3. The molecule has 0 aromatic rings. The summed E-state index contributed by atoms with van der Waals surface area (Å²) < 4.78 is 4.99. The molecule has 1 heterocycles. The molecule has 2 unspecified atom stereocenters. The van der Waals surface area contributed by atoms with Crippen LogP contribution < -0.4 is 0 Å². The van der Waals surface area contributed by atoms with Crippen LogP contribution in [-0.2, 0) is 9.53 Å². The van der Waals surface area contributed by atoms with Crippen molar-refractivity contribution in [2.75, 3.05) is 6.61 Å². The van der Waals surface area contributed by atoms with Crippen molar-refractivity contribution in [1.82, 2.24) is 0 Å². The summed E-state index contributed by atoms with van der Waals surface area (Å²) >= 11 is 0. The Balaban J connectivity index is 1.89. The van der Waals surface area contributed by atoms with E-state index < -0.39 is 0 Å². The van der Waals surface area contributed by atoms with Gasteiger partial charge in [-0.15, -0.1) is 0 Å². The number of hydrogen-bond donors (Lipinski definition) is 0. The second-order valence-corrected chi connectivity index (χ2v) is 8.19. The highest BCUT2D eigenvalue weighted by molar-refractivity contribution is 5.93. The Bertz CT molecular complexity index is 552. The van der Waals surface area contributed by atoms with E-state index in [1.807, 2.05) is 12.2 Å². The third-order valence-corrected chi connectivity index (χ3v) is 6.40. The van der Waals surface area contributed by atoms with Gasteiger partial charge in [-0.3, -0.25) is 0 Å². The highest BCUT2D eigenvalue weighted by Crippen LogP contribution is 2.61. The third-order valence-electron chi connectivity index (χ3n) is 6.40. The molecule has 3 rings (SSSR count). The van der Waals surface area contributed by atoms with Crippen LogP contribution >= 0.6 is 0 Å². The summed E-state index contributed by atoms with van der Waals surface area (Å²) in [6.45, 7) is 12.1. The maximum Gasteiger partial charge on any atom is 0.338 e. The molecular weight excluding hydrogens is 272 g/mol. The molecule has 2 aliphatic carbocycles. The van der Waals surface area contributed by atoms with E-state index in [9.17, 15) is 4.79 Å². The maximum atomic E-state index is 11.6. The Morgan fingerprint density at radius 2 is 2.09 bits per heavy atom. The Morgan fingerprint density at radius 3 is 2.77 bits per heavy atom. The van der Waals surface area contributed by atoms with Crippen molar-refractivity contribution in [3.05, 3.63) is 36.0 Å². The SMILES string of the molecule is C=C1CCC2C(C)(C)CCC[C@]2(C)C1C=CC1=CCOC1=O. The molecule has 0 aromatic carbocycles. The highest BCUT2D eigenvalue weighted by Gasteiger charge is 2.52. The second kappa shape index (κ2) is 5.40. The van der Waals surface area contributed by atoms with Gasteiger partial charge in [0.1, 0.15) is 6.61 Å². The molecule has 0 bridgehead atoms. The molecule has 0 spiro atoms. The standard InChI is InChI=1S/C20H28O2/c1-14-6-9-17-19(2,3)11-5-12-20(17,4)16(14)8-7-15-10-13-22-18(15)21/h7-8,10,16-17H,1,5-6,9,11-13H2,2-4H3/t16?,17?,20-/m1/s1. The molecule has 2 saturated carbocycles. The van der Waals surface area contributed by atoms with Crippen LogP contribution in [0.4, 0.5) is 0 Å². The van der Waals surface area contributed by atoms with Gasteiger partial charge in [0, 0.05) is 5.92 Å². The first-order chi connectivity index (χ1) is 10.3. The van der Waals surface area contributed by atoms with Crippen LogP contribution in [0.1, 0.15) is 52.9 Å². The fraction of sp³-hybridized carbons (Fsp3) is 0.650. The largest absolute Gasteiger partial charge is 0.458 e. The number of esters is 1. The lowest BCUT2D eigenvalue weighted by Crippen LogP contribution is -2.48. The Morgan fingerprint density at radius 1 is 1.32 bits per heavy atom. The lowest BCUT2D eigenvalue weighted by molar-refractivity contribution is -0.135. The maximum absolute atomic E-state index is 11.6. The van der Waals surface area contributed by atoms with Crippen LogP contribution in [0.2, 0.25) is 0 Å². The van der Waals surface area contributed by atoms with Crippen LogP contribution in [0, 0.1) is 22.7 Å². The summed E-state index contributed by atoms with van der Waals surface area (Å²) in [5, 5.41) is 0. The number of carbonyl (C=O) groups is 1. The van der Waals surface area contributed by atoms with E-state index >= 15 is 0 Å². The smallest absolute Gasteiger partial charge is 0.338 e. The van der Waals surface area contributed by atoms with Gasteiger partial charge in [0.15, 0.2) is 0 Å². The highest BCUT2D eigenvalue weighted by atomic mass is 16.5. The average Bonchev–Trinajstić information content (AvgIpc) is 2.82. The molecule has 0 saturated heterocycles. The van der Waals surface area contributed by atoms with Gasteiger partial charge >= 0.3 is 5.97 Å². The zero-order chi connectivity index (χ0) is 16.0. The van der Waals surface area contributed by atoms with Crippen molar-refractivity contribution >= 4 is 5.97 Å². The molecule has 0 N–H and O–H groups in total. The number of carbonyl (C=O) groups excluding carboxylic acids is 1. The first kappa shape index (κ1) is 15.6. The molecule has 120 valence electrons. The van der Waals surface area contributed by atoms with E-state index in [0.29, 0.717) is 23.5 Å². The van der Waals surface area contributed by atoms with Crippen molar-refractivity contribution in [1.29, 1.82) is 0 Å². The molecule has 2 nitrogen and oxygen atoms in total. The summed E-state index contributed by atoms with van der Waals surface area (Å²) in [6, 6.07) is 0. The minimum Gasteiger partial charge on any atom is -0.458 e. The second-order valence-electron chi connectivity index (χ2n) is 8.19. The van der Waals surface area contributed by atoms with Crippen LogP contribution in [0.25, 0.3) is 0 Å². The van der Waals surface area contributed by atoms with Gasteiger partial charge in [-0.1, -0.05) is 51.5 Å². The van der Waals surface area contributed by atoms with Crippen LogP contribution in [0.5, 0.6) is 0 Å². The Labute approximate surface area is 134 Å². The van der Waals surface area contributed by atoms with E-state index in [0.717, 1.165) is 12.3 Å². The minimum absolute atomic E-state index is 0.191. The number of allylic oxidation sites excluding steroid dienone is 2. The number of hydrogen-bond acceptors (Lipinski definition) is 2. The first-order valence-corrected chi connectivity index (χ1v) is 8.58. The van der Waals surface area contributed by atoms with Crippen LogP contribution in [0.3, 0.4) is 0 Å². The number of ether oxygens (including phenoxy) is 1. The van der Waals surface area contributed by atoms with E-state index in [1.54, 1.807) is 0 Å². The quantitative estimate of drug-likeness (QED) is 0.539. The molecule has 0 radical (unpaired) electrons. The van der Waals surface area contributed by atoms with Crippen molar-refractivity contribution in [2.45, 2.75) is 52.9 Å². The molecule has 2 fully saturated rings. The molecule has 2 heteroatoms. The number of fused-ring (bicyclic) bond motifs is 1. The lowest BCUT2D eigenvalue weighted by atomic mass is 9.47. The molecule has 0 aromatic heterocycles.